The highest BCUT2D eigenvalue weighted by Gasteiger charge is 2.32. The second-order valence-corrected chi connectivity index (χ2v) is 10.2. The normalized spacial score (nSPS) is 21.9. The van der Waals surface area contributed by atoms with Crippen LogP contribution in [0.25, 0.3) is 5.57 Å². The molecule has 0 N–H and O–H groups in total. The summed E-state index contributed by atoms with van der Waals surface area (Å²) in [5.74, 6) is 0.390. The summed E-state index contributed by atoms with van der Waals surface area (Å²) >= 11 is 0. The fourth-order valence-corrected chi connectivity index (χ4v) is 5.15. The third-order valence-electron chi connectivity index (χ3n) is 5.66. The van der Waals surface area contributed by atoms with Crippen molar-refractivity contribution in [3.63, 3.8) is 0 Å². The topological polar surface area (TPSA) is 118 Å². The fourth-order valence-electron chi connectivity index (χ4n) is 4.21. The highest BCUT2D eigenvalue weighted by molar-refractivity contribution is 7.86. The van der Waals surface area contributed by atoms with E-state index >= 15 is 0 Å². The molecule has 154 valence electrons. The number of nitrogens with zero attached hydrogens (tertiary/aromatic N) is 1. The molecule has 0 atom stereocenters. The molecule has 3 heterocycles. The van der Waals surface area contributed by atoms with E-state index in [4.69, 9.17) is 0 Å². The van der Waals surface area contributed by atoms with Crippen molar-refractivity contribution in [3.05, 3.63) is 65.2 Å². The van der Waals surface area contributed by atoms with E-state index in [-0.39, 0.29) is 9.79 Å². The van der Waals surface area contributed by atoms with Gasteiger partial charge in [0.25, 0.3) is 0 Å². The Morgan fingerprint density at radius 2 is 1.17 bits per heavy atom. The maximum Gasteiger partial charge on any atom is 0.124 e. The van der Waals surface area contributed by atoms with E-state index in [0.717, 1.165) is 49.2 Å². The van der Waals surface area contributed by atoms with Crippen LogP contribution in [0.15, 0.2) is 63.9 Å². The number of rotatable bonds is 4. The van der Waals surface area contributed by atoms with Crippen molar-refractivity contribution >= 4 is 25.8 Å². The molecule has 5 rings (SSSR count). The van der Waals surface area contributed by atoms with E-state index in [1.54, 1.807) is 24.3 Å². The molecule has 3 aliphatic rings. The molecule has 2 aromatic rings. The number of benzene rings is 2. The van der Waals surface area contributed by atoms with E-state index in [0.29, 0.717) is 5.92 Å². The van der Waals surface area contributed by atoms with Crippen molar-refractivity contribution in [1.82, 2.24) is 4.90 Å². The molecule has 29 heavy (non-hydrogen) atoms. The molecule has 0 radical (unpaired) electrons. The first-order chi connectivity index (χ1) is 13.6. The minimum absolute atomic E-state index is 0.299. The van der Waals surface area contributed by atoms with Crippen LogP contribution >= 0.6 is 0 Å². The molecule has 0 saturated carbocycles. The average Bonchev–Trinajstić information content (AvgIpc) is 2.69. The Hall–Kier alpha value is -2.04. The third-order valence-corrected chi connectivity index (χ3v) is 7.36. The molecule has 3 aliphatic heterocycles. The van der Waals surface area contributed by atoms with Crippen molar-refractivity contribution < 1.29 is 25.9 Å². The average molecular weight is 434 g/mol. The first-order valence-corrected chi connectivity index (χ1v) is 12.0. The van der Waals surface area contributed by atoms with Gasteiger partial charge in [-0.05, 0) is 78.4 Å². The van der Waals surface area contributed by atoms with Crippen LogP contribution in [0.2, 0.25) is 0 Å². The minimum Gasteiger partial charge on any atom is -0.744 e. The maximum absolute atomic E-state index is 11.3. The fraction of sp³-hybridized carbons (Fsp3) is 0.300. The van der Waals surface area contributed by atoms with E-state index in [1.807, 2.05) is 0 Å². The molecule has 9 heteroatoms. The lowest BCUT2D eigenvalue weighted by molar-refractivity contribution is 0.162. The van der Waals surface area contributed by atoms with Gasteiger partial charge in [-0.1, -0.05) is 24.3 Å². The van der Waals surface area contributed by atoms with E-state index in [9.17, 15) is 25.9 Å². The predicted molar refractivity (Wildman–Crippen MR) is 104 cm³/mol. The van der Waals surface area contributed by atoms with E-state index < -0.39 is 20.2 Å². The molecule has 0 unspecified atom stereocenters. The molecule has 7 nitrogen and oxygen atoms in total. The molecule has 0 aromatic heterocycles. The van der Waals surface area contributed by atoms with Gasteiger partial charge in [-0.25, -0.2) is 16.8 Å². The SMILES string of the molecule is O=S(=O)([O-])c1ccc(C(=C2CN3CCC2CC3)c2ccc(S(=O)(=O)[O-])cc2)cc1. The maximum atomic E-state index is 11.3. The zero-order chi connectivity index (χ0) is 20.8. The highest BCUT2D eigenvalue weighted by Crippen LogP contribution is 2.39. The van der Waals surface area contributed by atoms with Gasteiger partial charge in [0.1, 0.15) is 20.2 Å². The van der Waals surface area contributed by atoms with Gasteiger partial charge in [-0.15, -0.1) is 0 Å². The summed E-state index contributed by atoms with van der Waals surface area (Å²) in [5.41, 5.74) is 3.60. The Balaban J connectivity index is 1.85. The second kappa shape index (κ2) is 7.33. The van der Waals surface area contributed by atoms with Gasteiger partial charge >= 0.3 is 0 Å². The van der Waals surface area contributed by atoms with Gasteiger partial charge in [0.05, 0.1) is 9.79 Å². The first kappa shape index (κ1) is 20.2. The van der Waals surface area contributed by atoms with Crippen LogP contribution in [-0.4, -0.2) is 50.5 Å². The summed E-state index contributed by atoms with van der Waals surface area (Å²) in [4.78, 5) is 1.75. The van der Waals surface area contributed by atoms with Crippen molar-refractivity contribution in [2.24, 2.45) is 5.92 Å². The minimum atomic E-state index is -4.54. The Morgan fingerprint density at radius 1 is 0.759 bits per heavy atom. The lowest BCUT2D eigenvalue weighted by Crippen LogP contribution is -2.43. The number of piperidine rings is 3. The summed E-state index contributed by atoms with van der Waals surface area (Å²) in [6.45, 7) is 2.84. The molecule has 2 bridgehead atoms. The summed E-state index contributed by atoms with van der Waals surface area (Å²) in [6.07, 6.45) is 2.05. The smallest absolute Gasteiger partial charge is 0.124 e. The van der Waals surface area contributed by atoms with Crippen LogP contribution in [-0.2, 0) is 20.2 Å². The van der Waals surface area contributed by atoms with Crippen molar-refractivity contribution in [2.75, 3.05) is 19.6 Å². The second-order valence-electron chi connectivity index (χ2n) is 7.41. The van der Waals surface area contributed by atoms with E-state index in [2.05, 4.69) is 4.90 Å². The van der Waals surface area contributed by atoms with Crippen molar-refractivity contribution in [1.29, 1.82) is 0 Å². The number of hydrogen-bond acceptors (Lipinski definition) is 7. The zero-order valence-corrected chi connectivity index (χ0v) is 17.1. The summed E-state index contributed by atoms with van der Waals surface area (Å²) in [7, 11) is -9.08. The lowest BCUT2D eigenvalue weighted by atomic mass is 9.78. The molecule has 0 spiro atoms. The monoisotopic (exact) mass is 433 g/mol. The van der Waals surface area contributed by atoms with Gasteiger partial charge in [-0.3, -0.25) is 4.90 Å². The Bertz CT molecular complexity index is 1080. The van der Waals surface area contributed by atoms with Crippen molar-refractivity contribution in [2.45, 2.75) is 22.6 Å². The first-order valence-electron chi connectivity index (χ1n) is 9.21. The van der Waals surface area contributed by atoms with Gasteiger partial charge in [0.2, 0.25) is 0 Å². The summed E-state index contributed by atoms with van der Waals surface area (Å²) in [5, 5.41) is 0. The van der Waals surface area contributed by atoms with Crippen LogP contribution < -0.4 is 0 Å². The third kappa shape index (κ3) is 4.15. The largest absolute Gasteiger partial charge is 0.744 e. The van der Waals surface area contributed by atoms with Crippen LogP contribution in [0.1, 0.15) is 24.0 Å². The number of fused-ring (bicyclic) bond motifs is 3. The van der Waals surface area contributed by atoms with Gasteiger partial charge < -0.3 is 9.11 Å². The molecule has 0 amide bonds. The van der Waals surface area contributed by atoms with Gasteiger partial charge in [0.15, 0.2) is 0 Å². The molecule has 2 aromatic carbocycles. The standard InChI is InChI=1S/C20H21NO6S2/c22-28(23,24)17-5-1-15(2-6-17)20(19-13-21-11-9-14(19)10-12-21)16-3-7-18(8-4-16)29(25,26)27/h1-8,14H,9-13H2,(H,22,23,24)(H,25,26,27)/p-2. The quantitative estimate of drug-likeness (QED) is 0.677. The van der Waals surface area contributed by atoms with Gasteiger partial charge in [-0.2, -0.15) is 0 Å². The van der Waals surface area contributed by atoms with E-state index in [1.165, 1.54) is 29.8 Å². The Morgan fingerprint density at radius 3 is 1.48 bits per heavy atom. The van der Waals surface area contributed by atoms with Crippen LogP contribution in [0.5, 0.6) is 0 Å². The van der Waals surface area contributed by atoms with Crippen LogP contribution in [0.3, 0.4) is 0 Å². The van der Waals surface area contributed by atoms with Crippen LogP contribution in [0.4, 0.5) is 0 Å². The van der Waals surface area contributed by atoms with Crippen LogP contribution in [0, 0.1) is 5.92 Å². The summed E-state index contributed by atoms with van der Waals surface area (Å²) in [6, 6.07) is 11.6. The Labute approximate surface area is 170 Å². The molecule has 0 aliphatic carbocycles. The molecular formula is C20H19NO6S2-2. The Kier molecular flexibility index (Phi) is 5.12. The molecule has 3 fully saturated rings. The molecular weight excluding hydrogens is 414 g/mol. The zero-order valence-electron chi connectivity index (χ0n) is 15.4. The highest BCUT2D eigenvalue weighted by atomic mass is 32.2. The van der Waals surface area contributed by atoms with Crippen molar-refractivity contribution in [3.8, 4) is 0 Å². The lowest BCUT2D eigenvalue weighted by Gasteiger charge is -2.42. The van der Waals surface area contributed by atoms with Gasteiger partial charge in [0, 0.05) is 6.54 Å². The molecule has 3 saturated heterocycles. The summed E-state index contributed by atoms with van der Waals surface area (Å²) < 4.78 is 67.6. The predicted octanol–water partition coefficient (Wildman–Crippen LogP) is 2.02. The number of hydrogen-bond donors (Lipinski definition) is 0.